The largest absolute Gasteiger partial charge is 0.425 e. The molecule has 0 saturated carbocycles. The van der Waals surface area contributed by atoms with Gasteiger partial charge in [0.1, 0.15) is 11.6 Å². The van der Waals surface area contributed by atoms with E-state index in [1.54, 1.807) is 24.3 Å². The van der Waals surface area contributed by atoms with Gasteiger partial charge in [0.15, 0.2) is 0 Å². The topological polar surface area (TPSA) is 63.9 Å². The number of hydrogen-bond donors (Lipinski definition) is 2. The lowest BCUT2D eigenvalue weighted by Crippen LogP contribution is -1.87. The molecule has 0 atom stereocenters. The summed E-state index contributed by atoms with van der Waals surface area (Å²) in [5.74, 6) is -0.0244. The number of fused-ring (bicyclic) bond motifs is 1. The number of nitrogens with zero attached hydrogens (tertiary/aromatic N) is 1. The first-order valence-electron chi connectivity index (χ1n) is 5.49. The number of nitrogens with two attached hydrogens (primary N) is 1. The van der Waals surface area contributed by atoms with Crippen LogP contribution in [0.25, 0.3) is 11.0 Å². The van der Waals surface area contributed by atoms with Crippen LogP contribution in [0.15, 0.2) is 40.9 Å². The third-order valence-electron chi connectivity index (χ3n) is 2.53. The number of ether oxygens (including phenoxy) is 1. The van der Waals surface area contributed by atoms with Crippen LogP contribution in [0, 0.1) is 5.82 Å². The number of H-pyrrole nitrogens is 1. The first-order chi connectivity index (χ1) is 9.10. The number of aromatic nitrogens is 2. The van der Waals surface area contributed by atoms with E-state index >= 15 is 0 Å². The van der Waals surface area contributed by atoms with E-state index in [4.69, 9.17) is 10.5 Å². The van der Waals surface area contributed by atoms with Gasteiger partial charge in [0.25, 0.3) is 6.01 Å². The zero-order valence-corrected chi connectivity index (χ0v) is 11.2. The molecule has 96 valence electrons. The number of halogens is 2. The highest BCUT2D eigenvalue weighted by molar-refractivity contribution is 9.10. The van der Waals surface area contributed by atoms with Crippen molar-refractivity contribution in [2.45, 2.75) is 0 Å². The number of hydrogen-bond acceptors (Lipinski definition) is 3. The molecule has 0 aliphatic carbocycles. The molecule has 4 nitrogen and oxygen atoms in total. The normalized spacial score (nSPS) is 10.8. The Morgan fingerprint density at radius 1 is 1.21 bits per heavy atom. The molecule has 0 spiro atoms. The molecule has 1 aromatic heterocycles. The molecule has 1 heterocycles. The van der Waals surface area contributed by atoms with Gasteiger partial charge in [-0.2, -0.15) is 4.98 Å². The fourth-order valence-corrected chi connectivity index (χ4v) is 2.20. The summed E-state index contributed by atoms with van der Waals surface area (Å²) in [6, 6.07) is 9.89. The summed E-state index contributed by atoms with van der Waals surface area (Å²) in [7, 11) is 0. The molecule has 0 bridgehead atoms. The Kier molecular flexibility index (Phi) is 2.87. The fourth-order valence-electron chi connectivity index (χ4n) is 1.75. The zero-order valence-electron chi connectivity index (χ0n) is 9.65. The van der Waals surface area contributed by atoms with E-state index in [0.29, 0.717) is 15.9 Å². The Labute approximate surface area is 116 Å². The maximum absolute atomic E-state index is 13.2. The van der Waals surface area contributed by atoms with Gasteiger partial charge < -0.3 is 15.5 Å². The van der Waals surface area contributed by atoms with Crippen LogP contribution in [0.5, 0.6) is 11.8 Å². The molecule has 19 heavy (non-hydrogen) atoms. The monoisotopic (exact) mass is 321 g/mol. The Bertz CT molecular complexity index is 736. The molecule has 0 saturated heterocycles. The molecule has 2 aromatic carbocycles. The summed E-state index contributed by atoms with van der Waals surface area (Å²) in [5, 5.41) is 0. The van der Waals surface area contributed by atoms with Crippen LogP contribution in [-0.4, -0.2) is 9.97 Å². The molecular formula is C13H9BrFN3O. The molecule has 3 N–H and O–H groups in total. The van der Waals surface area contributed by atoms with E-state index in [2.05, 4.69) is 25.9 Å². The minimum absolute atomic E-state index is 0.290. The van der Waals surface area contributed by atoms with Crippen molar-refractivity contribution in [3.05, 3.63) is 46.7 Å². The van der Waals surface area contributed by atoms with Gasteiger partial charge in [0, 0.05) is 16.2 Å². The van der Waals surface area contributed by atoms with E-state index < -0.39 is 0 Å². The van der Waals surface area contributed by atoms with Crippen molar-refractivity contribution in [1.29, 1.82) is 0 Å². The maximum atomic E-state index is 13.2. The lowest BCUT2D eigenvalue weighted by atomic mass is 10.3. The Morgan fingerprint density at radius 3 is 2.84 bits per heavy atom. The highest BCUT2D eigenvalue weighted by Gasteiger charge is 2.07. The second-order valence-electron chi connectivity index (χ2n) is 4.03. The number of nitrogen functional groups attached to an aromatic ring is 1. The molecule has 0 amide bonds. The van der Waals surface area contributed by atoms with Gasteiger partial charge in [-0.05, 0) is 30.3 Å². The summed E-state index contributed by atoms with van der Waals surface area (Å²) in [5.41, 5.74) is 7.82. The lowest BCUT2D eigenvalue weighted by molar-refractivity contribution is 0.445. The molecular weight excluding hydrogens is 313 g/mol. The van der Waals surface area contributed by atoms with E-state index in [9.17, 15) is 4.39 Å². The number of anilines is 1. The number of imidazole rings is 1. The Balaban J connectivity index is 1.96. The van der Waals surface area contributed by atoms with Gasteiger partial charge in [-0.1, -0.05) is 15.9 Å². The molecule has 0 fully saturated rings. The lowest BCUT2D eigenvalue weighted by Gasteiger charge is -2.02. The summed E-state index contributed by atoms with van der Waals surface area (Å²) < 4.78 is 19.3. The van der Waals surface area contributed by atoms with Crippen molar-refractivity contribution < 1.29 is 9.13 Å². The SMILES string of the molecule is Nc1ccc2nc(Oc3cc(F)cc(Br)c3)[nH]c2c1. The smallest absolute Gasteiger partial charge is 0.300 e. The van der Waals surface area contributed by atoms with Crippen molar-refractivity contribution in [2.24, 2.45) is 0 Å². The summed E-state index contributed by atoms with van der Waals surface area (Å²) >= 11 is 3.20. The standard InChI is InChI=1S/C13H9BrFN3O/c14-7-3-8(15)5-10(4-7)19-13-17-11-2-1-9(16)6-12(11)18-13/h1-6H,16H2,(H,17,18). The number of aromatic amines is 1. The number of nitrogens with one attached hydrogen (secondary N) is 1. The quantitative estimate of drug-likeness (QED) is 0.705. The number of rotatable bonds is 2. The Morgan fingerprint density at radius 2 is 2.05 bits per heavy atom. The molecule has 0 aliphatic heterocycles. The molecule has 3 aromatic rings. The van der Waals surface area contributed by atoms with Crippen molar-refractivity contribution >= 4 is 32.7 Å². The minimum Gasteiger partial charge on any atom is -0.425 e. The van der Waals surface area contributed by atoms with E-state index in [1.165, 1.54) is 12.1 Å². The third-order valence-corrected chi connectivity index (χ3v) is 2.99. The summed E-state index contributed by atoms with van der Waals surface area (Å²) in [6.07, 6.45) is 0. The van der Waals surface area contributed by atoms with Crippen LogP contribution in [0.4, 0.5) is 10.1 Å². The Hall–Kier alpha value is -2.08. The fraction of sp³-hybridized carbons (Fsp3) is 0. The second-order valence-corrected chi connectivity index (χ2v) is 4.94. The van der Waals surface area contributed by atoms with Crippen LogP contribution >= 0.6 is 15.9 Å². The average molecular weight is 322 g/mol. The highest BCUT2D eigenvalue weighted by Crippen LogP contribution is 2.26. The van der Waals surface area contributed by atoms with Gasteiger partial charge in [0.2, 0.25) is 0 Å². The van der Waals surface area contributed by atoms with Gasteiger partial charge in [-0.15, -0.1) is 0 Å². The van der Waals surface area contributed by atoms with E-state index in [-0.39, 0.29) is 11.8 Å². The van der Waals surface area contributed by atoms with Gasteiger partial charge >= 0.3 is 0 Å². The first-order valence-corrected chi connectivity index (χ1v) is 6.29. The second kappa shape index (κ2) is 4.55. The van der Waals surface area contributed by atoms with Crippen LogP contribution in [0.1, 0.15) is 0 Å². The predicted octanol–water partition coefficient (Wildman–Crippen LogP) is 3.84. The maximum Gasteiger partial charge on any atom is 0.300 e. The van der Waals surface area contributed by atoms with Crippen LogP contribution < -0.4 is 10.5 Å². The van der Waals surface area contributed by atoms with Crippen LogP contribution in [-0.2, 0) is 0 Å². The van der Waals surface area contributed by atoms with Crippen LogP contribution in [0.2, 0.25) is 0 Å². The van der Waals surface area contributed by atoms with Crippen molar-refractivity contribution in [3.8, 4) is 11.8 Å². The van der Waals surface area contributed by atoms with Gasteiger partial charge in [0.05, 0.1) is 11.0 Å². The molecule has 3 rings (SSSR count). The van der Waals surface area contributed by atoms with Crippen LogP contribution in [0.3, 0.4) is 0 Å². The minimum atomic E-state index is -0.385. The molecule has 0 aliphatic rings. The van der Waals surface area contributed by atoms with E-state index in [0.717, 1.165) is 11.0 Å². The highest BCUT2D eigenvalue weighted by atomic mass is 79.9. The van der Waals surface area contributed by atoms with Crippen molar-refractivity contribution in [2.75, 3.05) is 5.73 Å². The summed E-state index contributed by atoms with van der Waals surface area (Å²) in [6.45, 7) is 0. The number of benzene rings is 2. The van der Waals surface area contributed by atoms with Crippen molar-refractivity contribution in [3.63, 3.8) is 0 Å². The predicted molar refractivity (Wildman–Crippen MR) is 74.7 cm³/mol. The van der Waals surface area contributed by atoms with Gasteiger partial charge in [-0.3, -0.25) is 0 Å². The zero-order chi connectivity index (χ0) is 13.4. The molecule has 6 heteroatoms. The van der Waals surface area contributed by atoms with E-state index in [1.807, 2.05) is 0 Å². The van der Waals surface area contributed by atoms with Crippen molar-refractivity contribution in [1.82, 2.24) is 9.97 Å². The first kappa shape index (κ1) is 12.0. The molecule has 0 unspecified atom stereocenters. The van der Waals surface area contributed by atoms with Gasteiger partial charge in [-0.25, -0.2) is 4.39 Å². The molecule has 0 radical (unpaired) electrons. The summed E-state index contributed by atoms with van der Waals surface area (Å²) in [4.78, 5) is 7.21. The average Bonchev–Trinajstić information content (AvgIpc) is 2.68. The third kappa shape index (κ3) is 2.53.